The highest BCUT2D eigenvalue weighted by Gasteiger charge is 2.40. The standard InChI is InChI=1S/C16H20N4O2/c21-15(11-20-17-13-5-1-2-6-14(13)18-20)19-9-10-22-16(12-19)7-3-4-8-16/h1-2,5-6H,3-4,7-12H2. The number of morpholine rings is 1. The van der Waals surface area contributed by atoms with Crippen molar-refractivity contribution in [3.05, 3.63) is 24.3 Å². The fraction of sp³-hybridized carbons (Fsp3) is 0.562. The highest BCUT2D eigenvalue weighted by atomic mass is 16.5. The zero-order valence-corrected chi connectivity index (χ0v) is 12.6. The first kappa shape index (κ1) is 13.7. The first-order valence-electron chi connectivity index (χ1n) is 7.96. The fourth-order valence-corrected chi connectivity index (χ4v) is 3.58. The maximum atomic E-state index is 12.6. The van der Waals surface area contributed by atoms with Gasteiger partial charge in [0.05, 0.1) is 12.2 Å². The van der Waals surface area contributed by atoms with Crippen LogP contribution >= 0.6 is 0 Å². The lowest BCUT2D eigenvalue weighted by molar-refractivity contribution is -0.150. The number of hydrogen-bond donors (Lipinski definition) is 0. The lowest BCUT2D eigenvalue weighted by Gasteiger charge is -2.40. The Labute approximate surface area is 129 Å². The van der Waals surface area contributed by atoms with E-state index in [-0.39, 0.29) is 18.1 Å². The molecule has 1 saturated carbocycles. The molecule has 6 heteroatoms. The largest absolute Gasteiger partial charge is 0.371 e. The van der Waals surface area contributed by atoms with Gasteiger partial charge in [-0.25, -0.2) is 0 Å². The predicted octanol–water partition coefficient (Wildman–Crippen LogP) is 1.60. The summed E-state index contributed by atoms with van der Waals surface area (Å²) in [7, 11) is 0. The summed E-state index contributed by atoms with van der Waals surface area (Å²) in [4.78, 5) is 16.0. The molecular weight excluding hydrogens is 280 g/mol. The monoisotopic (exact) mass is 300 g/mol. The number of fused-ring (bicyclic) bond motifs is 1. The lowest BCUT2D eigenvalue weighted by Crippen LogP contribution is -2.53. The van der Waals surface area contributed by atoms with Crippen molar-refractivity contribution in [3.8, 4) is 0 Å². The third kappa shape index (κ3) is 2.47. The minimum absolute atomic E-state index is 0.0786. The molecule has 0 radical (unpaired) electrons. The van der Waals surface area contributed by atoms with Crippen molar-refractivity contribution in [2.45, 2.75) is 37.8 Å². The number of nitrogens with zero attached hydrogens (tertiary/aromatic N) is 4. The molecule has 2 fully saturated rings. The Bertz CT molecular complexity index is 657. The molecule has 116 valence electrons. The number of carbonyl (C=O) groups excluding carboxylic acids is 1. The molecule has 4 rings (SSSR count). The molecule has 2 aromatic rings. The van der Waals surface area contributed by atoms with Gasteiger partial charge < -0.3 is 9.64 Å². The van der Waals surface area contributed by atoms with Gasteiger partial charge in [-0.2, -0.15) is 15.0 Å². The van der Waals surface area contributed by atoms with Crippen LogP contribution in [0.3, 0.4) is 0 Å². The number of rotatable bonds is 2. The van der Waals surface area contributed by atoms with Gasteiger partial charge >= 0.3 is 0 Å². The van der Waals surface area contributed by atoms with Crippen molar-refractivity contribution in [3.63, 3.8) is 0 Å². The molecular formula is C16H20N4O2. The summed E-state index contributed by atoms with van der Waals surface area (Å²) < 4.78 is 5.97. The SMILES string of the molecule is O=C(Cn1nc2ccccc2n1)N1CCOC2(CCCC2)C1. The van der Waals surface area contributed by atoms with Gasteiger partial charge in [-0.05, 0) is 25.0 Å². The summed E-state index contributed by atoms with van der Waals surface area (Å²) in [6.45, 7) is 2.22. The second-order valence-corrected chi connectivity index (χ2v) is 6.27. The molecule has 1 saturated heterocycles. The van der Waals surface area contributed by atoms with Crippen molar-refractivity contribution in [1.29, 1.82) is 0 Å². The van der Waals surface area contributed by atoms with Crippen LogP contribution in [0.15, 0.2) is 24.3 Å². The molecule has 0 atom stereocenters. The molecule has 2 heterocycles. The zero-order valence-electron chi connectivity index (χ0n) is 12.6. The lowest BCUT2D eigenvalue weighted by atomic mass is 10.00. The van der Waals surface area contributed by atoms with Gasteiger partial charge in [-0.1, -0.05) is 25.0 Å². The molecule has 1 aromatic heterocycles. The molecule has 6 nitrogen and oxygen atoms in total. The Morgan fingerprint density at radius 2 is 1.86 bits per heavy atom. The van der Waals surface area contributed by atoms with E-state index in [0.717, 1.165) is 23.9 Å². The molecule has 0 N–H and O–H groups in total. The summed E-state index contributed by atoms with van der Waals surface area (Å²) in [5.41, 5.74) is 1.56. The van der Waals surface area contributed by atoms with Gasteiger partial charge in [0.1, 0.15) is 17.6 Å². The summed E-state index contributed by atoms with van der Waals surface area (Å²) in [6.07, 6.45) is 4.55. The van der Waals surface area contributed by atoms with Gasteiger partial charge in [0.25, 0.3) is 0 Å². The number of hydrogen-bond acceptors (Lipinski definition) is 4. The molecule has 1 spiro atoms. The minimum atomic E-state index is -0.0871. The second-order valence-electron chi connectivity index (χ2n) is 6.27. The van der Waals surface area contributed by atoms with Gasteiger partial charge in [-0.15, -0.1) is 0 Å². The van der Waals surface area contributed by atoms with E-state index in [1.165, 1.54) is 17.6 Å². The molecule has 1 amide bonds. The Morgan fingerprint density at radius 3 is 2.55 bits per heavy atom. The summed E-state index contributed by atoms with van der Waals surface area (Å²) in [5.74, 6) is 0.0786. The third-order valence-electron chi connectivity index (χ3n) is 4.72. The minimum Gasteiger partial charge on any atom is -0.371 e. The van der Waals surface area contributed by atoms with Crippen molar-refractivity contribution in [1.82, 2.24) is 19.9 Å². The summed E-state index contributed by atoms with van der Waals surface area (Å²) in [6, 6.07) is 7.67. The fourth-order valence-electron chi connectivity index (χ4n) is 3.58. The normalized spacial score (nSPS) is 20.8. The van der Waals surface area contributed by atoms with Crippen molar-refractivity contribution in [2.24, 2.45) is 0 Å². The molecule has 22 heavy (non-hydrogen) atoms. The molecule has 0 bridgehead atoms. The molecule has 0 unspecified atom stereocenters. The molecule has 2 aliphatic rings. The van der Waals surface area contributed by atoms with Crippen LogP contribution in [0, 0.1) is 0 Å². The van der Waals surface area contributed by atoms with Crippen LogP contribution in [0.5, 0.6) is 0 Å². The Hall–Kier alpha value is -1.95. The van der Waals surface area contributed by atoms with E-state index in [2.05, 4.69) is 10.2 Å². The van der Waals surface area contributed by atoms with E-state index in [0.29, 0.717) is 19.7 Å². The van der Waals surface area contributed by atoms with E-state index in [1.54, 1.807) is 0 Å². The van der Waals surface area contributed by atoms with E-state index in [4.69, 9.17) is 4.74 Å². The number of ether oxygens (including phenoxy) is 1. The van der Waals surface area contributed by atoms with E-state index < -0.39 is 0 Å². The first-order chi connectivity index (χ1) is 10.7. The summed E-state index contributed by atoms with van der Waals surface area (Å²) >= 11 is 0. The smallest absolute Gasteiger partial charge is 0.246 e. The van der Waals surface area contributed by atoms with Gasteiger partial charge in [-0.3, -0.25) is 4.79 Å². The van der Waals surface area contributed by atoms with Crippen molar-refractivity contribution >= 4 is 16.9 Å². The molecule has 1 aromatic carbocycles. The molecule has 1 aliphatic heterocycles. The maximum absolute atomic E-state index is 12.6. The first-order valence-corrected chi connectivity index (χ1v) is 7.96. The highest BCUT2D eigenvalue weighted by molar-refractivity contribution is 5.77. The van der Waals surface area contributed by atoms with Gasteiger partial charge in [0.2, 0.25) is 5.91 Å². The zero-order chi connectivity index (χ0) is 15.0. The van der Waals surface area contributed by atoms with Crippen LogP contribution in [-0.4, -0.2) is 51.1 Å². The van der Waals surface area contributed by atoms with Crippen LogP contribution in [0.25, 0.3) is 11.0 Å². The maximum Gasteiger partial charge on any atom is 0.246 e. The number of aromatic nitrogens is 3. The molecule has 1 aliphatic carbocycles. The van der Waals surface area contributed by atoms with Crippen LogP contribution < -0.4 is 0 Å². The highest BCUT2D eigenvalue weighted by Crippen LogP contribution is 2.35. The number of amides is 1. The Morgan fingerprint density at radius 1 is 1.18 bits per heavy atom. The van der Waals surface area contributed by atoms with Crippen LogP contribution in [0.2, 0.25) is 0 Å². The number of carbonyl (C=O) groups is 1. The average Bonchev–Trinajstić information content (AvgIpc) is 3.13. The average molecular weight is 300 g/mol. The van der Waals surface area contributed by atoms with E-state index in [9.17, 15) is 4.79 Å². The van der Waals surface area contributed by atoms with Crippen LogP contribution in [0.1, 0.15) is 25.7 Å². The topological polar surface area (TPSA) is 60.2 Å². The quantitative estimate of drug-likeness (QED) is 0.845. The van der Waals surface area contributed by atoms with Gasteiger partial charge in [0.15, 0.2) is 0 Å². The van der Waals surface area contributed by atoms with E-state index >= 15 is 0 Å². The number of benzene rings is 1. The summed E-state index contributed by atoms with van der Waals surface area (Å²) in [5, 5.41) is 8.73. The Kier molecular flexibility index (Phi) is 3.33. The van der Waals surface area contributed by atoms with Gasteiger partial charge in [0, 0.05) is 13.1 Å². The van der Waals surface area contributed by atoms with Crippen molar-refractivity contribution < 1.29 is 9.53 Å². The Balaban J connectivity index is 1.47. The predicted molar refractivity (Wildman–Crippen MR) is 81.3 cm³/mol. The second kappa shape index (κ2) is 5.35. The van der Waals surface area contributed by atoms with E-state index in [1.807, 2.05) is 29.2 Å². The van der Waals surface area contributed by atoms with Crippen molar-refractivity contribution in [2.75, 3.05) is 19.7 Å². The van der Waals surface area contributed by atoms with Crippen LogP contribution in [-0.2, 0) is 16.1 Å². The van der Waals surface area contributed by atoms with Crippen LogP contribution in [0.4, 0.5) is 0 Å². The third-order valence-corrected chi connectivity index (χ3v) is 4.72.